The van der Waals surface area contributed by atoms with E-state index in [0.29, 0.717) is 5.56 Å². The third-order valence-electron chi connectivity index (χ3n) is 4.01. The predicted octanol–water partition coefficient (Wildman–Crippen LogP) is 6.88. The van der Waals surface area contributed by atoms with Gasteiger partial charge in [-0.1, -0.05) is 31.9 Å². The number of amides is 1. The summed E-state index contributed by atoms with van der Waals surface area (Å²) in [5.74, 6) is 0.655. The van der Waals surface area contributed by atoms with E-state index in [1.54, 1.807) is 12.1 Å². The van der Waals surface area contributed by atoms with E-state index in [1.165, 1.54) is 0 Å². The first kappa shape index (κ1) is 17.1. The van der Waals surface area contributed by atoms with Crippen LogP contribution in [0.1, 0.15) is 10.4 Å². The van der Waals surface area contributed by atoms with Crippen LogP contribution in [0, 0.1) is 0 Å². The number of halogens is 2. The van der Waals surface area contributed by atoms with Crippen LogP contribution in [0.2, 0.25) is 0 Å². The minimum atomic E-state index is -0.140. The number of rotatable bonds is 3. The maximum Gasteiger partial charge on any atom is 0.255 e. The summed E-state index contributed by atoms with van der Waals surface area (Å²) in [7, 11) is 0. The SMILES string of the molecule is O=C(Nc1ccc(-c2cc3cc(Br)ccc3o2)cc1)c1ccc(Br)cc1. The summed E-state index contributed by atoms with van der Waals surface area (Å²) < 4.78 is 7.86. The first-order valence-electron chi connectivity index (χ1n) is 7.95. The van der Waals surface area contributed by atoms with Crippen LogP contribution in [-0.4, -0.2) is 5.91 Å². The second-order valence-electron chi connectivity index (χ2n) is 5.83. The van der Waals surface area contributed by atoms with E-state index in [0.717, 1.165) is 36.9 Å². The Morgan fingerprint density at radius 3 is 2.23 bits per heavy atom. The fourth-order valence-electron chi connectivity index (χ4n) is 2.68. The van der Waals surface area contributed by atoms with Crippen LogP contribution < -0.4 is 5.32 Å². The highest BCUT2D eigenvalue weighted by molar-refractivity contribution is 9.10. The molecule has 4 aromatic rings. The lowest BCUT2D eigenvalue weighted by atomic mass is 10.1. The van der Waals surface area contributed by atoms with E-state index in [2.05, 4.69) is 37.2 Å². The molecule has 1 N–H and O–H groups in total. The summed E-state index contributed by atoms with van der Waals surface area (Å²) in [6, 6.07) is 22.8. The average Bonchev–Trinajstić information content (AvgIpc) is 3.06. The first-order valence-corrected chi connectivity index (χ1v) is 9.53. The van der Waals surface area contributed by atoms with Gasteiger partial charge in [-0.15, -0.1) is 0 Å². The average molecular weight is 471 g/mol. The molecule has 3 nitrogen and oxygen atoms in total. The van der Waals surface area contributed by atoms with Gasteiger partial charge >= 0.3 is 0 Å². The van der Waals surface area contributed by atoms with Crippen LogP contribution in [0.3, 0.4) is 0 Å². The maximum atomic E-state index is 12.3. The molecule has 0 bridgehead atoms. The summed E-state index contributed by atoms with van der Waals surface area (Å²) in [5, 5.41) is 3.94. The van der Waals surface area contributed by atoms with Crippen molar-refractivity contribution >= 4 is 54.4 Å². The van der Waals surface area contributed by atoms with Gasteiger partial charge in [-0.3, -0.25) is 4.79 Å². The quantitative estimate of drug-likeness (QED) is 0.354. The van der Waals surface area contributed by atoms with Crippen molar-refractivity contribution in [3.8, 4) is 11.3 Å². The fourth-order valence-corrected chi connectivity index (χ4v) is 3.32. The number of furan rings is 1. The van der Waals surface area contributed by atoms with Crippen LogP contribution in [0.5, 0.6) is 0 Å². The van der Waals surface area contributed by atoms with Gasteiger partial charge in [0.25, 0.3) is 5.91 Å². The molecule has 1 aromatic heterocycles. The Morgan fingerprint density at radius 2 is 1.50 bits per heavy atom. The van der Waals surface area contributed by atoms with Crippen LogP contribution in [-0.2, 0) is 0 Å². The molecule has 26 heavy (non-hydrogen) atoms. The third kappa shape index (κ3) is 3.59. The Labute approximate surface area is 167 Å². The van der Waals surface area contributed by atoms with E-state index in [9.17, 15) is 4.79 Å². The van der Waals surface area contributed by atoms with E-state index in [1.807, 2.05) is 60.7 Å². The van der Waals surface area contributed by atoms with Crippen molar-refractivity contribution in [2.45, 2.75) is 0 Å². The zero-order chi connectivity index (χ0) is 18.1. The number of carbonyl (C=O) groups excluding carboxylic acids is 1. The molecule has 0 fully saturated rings. The van der Waals surface area contributed by atoms with E-state index in [-0.39, 0.29) is 5.91 Å². The highest BCUT2D eigenvalue weighted by atomic mass is 79.9. The highest BCUT2D eigenvalue weighted by Gasteiger charge is 2.09. The third-order valence-corrected chi connectivity index (χ3v) is 5.03. The molecule has 128 valence electrons. The summed E-state index contributed by atoms with van der Waals surface area (Å²) in [4.78, 5) is 12.3. The lowest BCUT2D eigenvalue weighted by molar-refractivity contribution is 0.102. The number of nitrogens with one attached hydrogen (secondary N) is 1. The molecule has 0 atom stereocenters. The lowest BCUT2D eigenvalue weighted by Gasteiger charge is -2.06. The number of benzene rings is 3. The molecule has 0 radical (unpaired) electrons. The molecule has 0 unspecified atom stereocenters. The summed E-state index contributed by atoms with van der Waals surface area (Å²) in [5.41, 5.74) is 3.15. The summed E-state index contributed by atoms with van der Waals surface area (Å²) >= 11 is 6.83. The molecule has 0 saturated carbocycles. The van der Waals surface area contributed by atoms with Crippen molar-refractivity contribution in [2.24, 2.45) is 0 Å². The monoisotopic (exact) mass is 469 g/mol. The molecule has 0 aliphatic heterocycles. The van der Waals surface area contributed by atoms with Gasteiger partial charge in [0, 0.05) is 31.1 Å². The molecule has 4 rings (SSSR count). The molecular formula is C21H13Br2NO2. The van der Waals surface area contributed by atoms with Gasteiger partial charge in [0.2, 0.25) is 0 Å². The Balaban J connectivity index is 1.54. The van der Waals surface area contributed by atoms with Gasteiger partial charge < -0.3 is 9.73 Å². The molecule has 5 heteroatoms. The Hall–Kier alpha value is -2.37. The van der Waals surface area contributed by atoms with Gasteiger partial charge in [-0.25, -0.2) is 0 Å². The van der Waals surface area contributed by atoms with Gasteiger partial charge in [0.1, 0.15) is 11.3 Å². The summed E-state index contributed by atoms with van der Waals surface area (Å²) in [6.45, 7) is 0. The van der Waals surface area contributed by atoms with Crippen molar-refractivity contribution in [2.75, 3.05) is 5.32 Å². The second kappa shape index (κ2) is 7.09. The normalized spacial score (nSPS) is 10.8. The standard InChI is InChI=1S/C21H13Br2NO2/c22-16-5-1-14(2-6-16)21(25)24-18-8-3-13(4-9-18)20-12-15-11-17(23)7-10-19(15)26-20/h1-12H,(H,24,25). The van der Waals surface area contributed by atoms with Crippen molar-refractivity contribution in [3.63, 3.8) is 0 Å². The number of anilines is 1. The van der Waals surface area contributed by atoms with Gasteiger partial charge in [0.05, 0.1) is 0 Å². The van der Waals surface area contributed by atoms with E-state index >= 15 is 0 Å². The van der Waals surface area contributed by atoms with Crippen molar-refractivity contribution in [1.82, 2.24) is 0 Å². The highest BCUT2D eigenvalue weighted by Crippen LogP contribution is 2.30. The number of hydrogen-bond acceptors (Lipinski definition) is 2. The van der Waals surface area contributed by atoms with Crippen LogP contribution >= 0.6 is 31.9 Å². The molecule has 1 amide bonds. The predicted molar refractivity (Wildman–Crippen MR) is 111 cm³/mol. The Kier molecular flexibility index (Phi) is 4.66. The molecule has 0 saturated heterocycles. The molecular weight excluding hydrogens is 458 g/mol. The van der Waals surface area contributed by atoms with Crippen LogP contribution in [0.25, 0.3) is 22.3 Å². The van der Waals surface area contributed by atoms with Gasteiger partial charge in [-0.2, -0.15) is 0 Å². The van der Waals surface area contributed by atoms with Crippen molar-refractivity contribution in [3.05, 3.63) is 87.3 Å². The smallest absolute Gasteiger partial charge is 0.255 e. The molecule has 1 heterocycles. The van der Waals surface area contributed by atoms with E-state index in [4.69, 9.17) is 4.42 Å². The van der Waals surface area contributed by atoms with Crippen molar-refractivity contribution in [1.29, 1.82) is 0 Å². The summed E-state index contributed by atoms with van der Waals surface area (Å²) in [6.07, 6.45) is 0. The molecule has 0 aliphatic rings. The minimum Gasteiger partial charge on any atom is -0.456 e. The maximum absolute atomic E-state index is 12.3. The zero-order valence-electron chi connectivity index (χ0n) is 13.5. The molecule has 0 aliphatic carbocycles. The van der Waals surface area contributed by atoms with Crippen LogP contribution in [0.15, 0.2) is 86.2 Å². The van der Waals surface area contributed by atoms with Crippen LogP contribution in [0.4, 0.5) is 5.69 Å². The zero-order valence-corrected chi connectivity index (χ0v) is 16.7. The second-order valence-corrected chi connectivity index (χ2v) is 7.66. The number of carbonyl (C=O) groups is 1. The minimum absolute atomic E-state index is 0.140. The van der Waals surface area contributed by atoms with E-state index < -0.39 is 0 Å². The topological polar surface area (TPSA) is 42.2 Å². The first-order chi connectivity index (χ1) is 12.6. The fraction of sp³-hybridized carbons (Fsp3) is 0. The lowest BCUT2D eigenvalue weighted by Crippen LogP contribution is -2.11. The van der Waals surface area contributed by atoms with Gasteiger partial charge in [0.15, 0.2) is 0 Å². The van der Waals surface area contributed by atoms with Crippen molar-refractivity contribution < 1.29 is 9.21 Å². The Bertz CT molecular complexity index is 1080. The molecule has 3 aromatic carbocycles. The largest absolute Gasteiger partial charge is 0.456 e. The Morgan fingerprint density at radius 1 is 0.808 bits per heavy atom. The molecule has 0 spiro atoms. The number of hydrogen-bond donors (Lipinski definition) is 1. The number of fused-ring (bicyclic) bond motifs is 1. The van der Waals surface area contributed by atoms with Gasteiger partial charge in [-0.05, 0) is 72.8 Å².